The van der Waals surface area contributed by atoms with Gasteiger partial charge in [0.05, 0.1) is 45.0 Å². The highest BCUT2D eigenvalue weighted by Crippen LogP contribution is 2.62. The monoisotopic (exact) mass is 488 g/mol. The number of hydrogen-bond donors (Lipinski definition) is 1. The van der Waals surface area contributed by atoms with Gasteiger partial charge in [0.15, 0.2) is 8.32 Å². The van der Waals surface area contributed by atoms with E-state index in [9.17, 15) is 14.7 Å². The van der Waals surface area contributed by atoms with Crippen LogP contribution >= 0.6 is 11.3 Å². The highest BCUT2D eigenvalue weighted by atomic mass is 32.1. The summed E-state index contributed by atoms with van der Waals surface area (Å²) in [4.78, 5) is 32.9. The van der Waals surface area contributed by atoms with Crippen LogP contribution in [0, 0.1) is 11.8 Å². The standard InChI is InChI=1S/C24H32N2O5SSi/c1-22(2,3)33(5,6)30-10-9-24-12-17(27)23(4,31-24)18-19(24)21(29)26(20(18)28)14-7-8-15-16(11-14)32-13-25-15/h7-8,11,13,17-19,27H,9-10,12H2,1-6H3/t17?,18-,19?,23?,24?/m1/s1. The van der Waals surface area contributed by atoms with Gasteiger partial charge in [0, 0.05) is 13.0 Å². The third-order valence-corrected chi connectivity index (χ3v) is 13.8. The lowest BCUT2D eigenvalue weighted by atomic mass is 9.66. The second kappa shape index (κ2) is 7.18. The van der Waals surface area contributed by atoms with Crippen LogP contribution in [0.25, 0.3) is 10.2 Å². The molecule has 1 aromatic heterocycles. The number of aromatic nitrogens is 1. The maximum atomic E-state index is 13.7. The van der Waals surface area contributed by atoms with E-state index in [-0.39, 0.29) is 16.9 Å². The van der Waals surface area contributed by atoms with Gasteiger partial charge in [0.2, 0.25) is 11.8 Å². The Morgan fingerprint density at radius 3 is 2.67 bits per heavy atom. The van der Waals surface area contributed by atoms with Gasteiger partial charge in [-0.2, -0.15) is 0 Å². The number of carbonyl (C=O) groups excluding carboxylic acids is 2. The fraction of sp³-hybridized carbons (Fsp3) is 0.625. The van der Waals surface area contributed by atoms with E-state index < -0.39 is 37.5 Å². The zero-order valence-corrected chi connectivity index (χ0v) is 21.9. The van der Waals surface area contributed by atoms with Crippen LogP contribution in [0.1, 0.15) is 40.5 Å². The zero-order valence-electron chi connectivity index (χ0n) is 20.0. The summed E-state index contributed by atoms with van der Waals surface area (Å²) in [6.45, 7) is 13.2. The number of thiazole rings is 1. The van der Waals surface area contributed by atoms with Crippen LogP contribution in [0.4, 0.5) is 5.69 Å². The van der Waals surface area contributed by atoms with E-state index in [0.717, 1.165) is 10.2 Å². The third-order valence-electron chi connectivity index (χ3n) is 8.48. The summed E-state index contributed by atoms with van der Waals surface area (Å²) < 4.78 is 13.7. The van der Waals surface area contributed by atoms with Crippen molar-refractivity contribution in [2.45, 2.75) is 76.0 Å². The van der Waals surface area contributed by atoms with Crippen molar-refractivity contribution >= 4 is 47.4 Å². The summed E-state index contributed by atoms with van der Waals surface area (Å²) in [5, 5.41) is 11.0. The molecule has 0 aliphatic carbocycles. The van der Waals surface area contributed by atoms with Crippen LogP contribution in [0.15, 0.2) is 23.7 Å². The van der Waals surface area contributed by atoms with E-state index in [0.29, 0.717) is 25.1 Å². The number of nitrogens with zero attached hydrogens (tertiary/aromatic N) is 2. The lowest BCUT2D eigenvalue weighted by Gasteiger charge is -2.38. The number of rotatable bonds is 5. The van der Waals surface area contributed by atoms with Crippen LogP contribution in [0.3, 0.4) is 0 Å². The number of amides is 2. The second-order valence-corrected chi connectivity index (χ2v) is 17.1. The van der Waals surface area contributed by atoms with Crippen molar-refractivity contribution in [2.24, 2.45) is 11.8 Å². The lowest BCUT2D eigenvalue weighted by Crippen LogP contribution is -2.50. The first-order valence-corrected chi connectivity index (χ1v) is 15.3. The van der Waals surface area contributed by atoms with Gasteiger partial charge in [-0.3, -0.25) is 9.59 Å². The first-order valence-electron chi connectivity index (χ1n) is 11.5. The molecule has 2 aromatic rings. The fourth-order valence-electron chi connectivity index (χ4n) is 5.56. The minimum atomic E-state index is -1.98. The summed E-state index contributed by atoms with van der Waals surface area (Å²) in [5.41, 5.74) is 1.18. The van der Waals surface area contributed by atoms with Crippen LogP contribution in [0.5, 0.6) is 0 Å². The molecular formula is C24H32N2O5SSi. The van der Waals surface area contributed by atoms with Crippen LogP contribution < -0.4 is 4.90 Å². The predicted molar refractivity (Wildman–Crippen MR) is 130 cm³/mol. The topological polar surface area (TPSA) is 89.0 Å². The molecule has 4 unspecified atom stereocenters. The Hall–Kier alpha value is -1.65. The molecule has 3 aliphatic rings. The molecule has 33 heavy (non-hydrogen) atoms. The van der Waals surface area contributed by atoms with Crippen molar-refractivity contribution in [2.75, 3.05) is 11.5 Å². The smallest absolute Gasteiger partial charge is 0.240 e. The van der Waals surface area contributed by atoms with Crippen molar-refractivity contribution < 1.29 is 23.9 Å². The van der Waals surface area contributed by atoms with Crippen molar-refractivity contribution in [1.82, 2.24) is 4.98 Å². The van der Waals surface area contributed by atoms with Gasteiger partial charge in [-0.1, -0.05) is 20.8 Å². The normalized spacial score (nSPS) is 34.0. The Morgan fingerprint density at radius 1 is 1.27 bits per heavy atom. The Balaban J connectivity index is 1.45. The number of carbonyl (C=O) groups is 2. The number of benzene rings is 1. The number of fused-ring (bicyclic) bond motifs is 6. The van der Waals surface area contributed by atoms with Crippen LogP contribution in [-0.2, 0) is 18.8 Å². The van der Waals surface area contributed by atoms with Crippen molar-refractivity contribution in [3.05, 3.63) is 23.7 Å². The molecule has 0 spiro atoms. The Bertz CT molecular complexity index is 1140. The van der Waals surface area contributed by atoms with Crippen molar-refractivity contribution in [3.63, 3.8) is 0 Å². The van der Waals surface area contributed by atoms with Crippen LogP contribution in [0.2, 0.25) is 18.1 Å². The van der Waals surface area contributed by atoms with Crippen molar-refractivity contribution in [1.29, 1.82) is 0 Å². The Morgan fingerprint density at radius 2 is 1.97 bits per heavy atom. The van der Waals surface area contributed by atoms with Gasteiger partial charge in [0.1, 0.15) is 5.60 Å². The summed E-state index contributed by atoms with van der Waals surface area (Å²) in [6.07, 6.45) is 0.0210. The quantitative estimate of drug-likeness (QED) is 0.503. The van der Waals surface area contributed by atoms with Gasteiger partial charge in [0.25, 0.3) is 0 Å². The lowest BCUT2D eigenvalue weighted by molar-refractivity contribution is -0.134. The molecule has 0 radical (unpaired) electrons. The highest BCUT2D eigenvalue weighted by Gasteiger charge is 2.76. The number of hydrogen-bond acceptors (Lipinski definition) is 7. The van der Waals surface area contributed by atoms with Crippen LogP contribution in [-0.4, -0.2) is 54.1 Å². The number of anilines is 1. The molecule has 5 atom stereocenters. The molecule has 3 fully saturated rings. The minimum Gasteiger partial charge on any atom is -0.417 e. The Labute approximate surface area is 199 Å². The molecule has 5 rings (SSSR count). The number of aliphatic hydroxyl groups excluding tert-OH is 1. The van der Waals surface area contributed by atoms with E-state index >= 15 is 0 Å². The molecule has 3 aliphatic heterocycles. The first kappa shape index (κ1) is 23.1. The molecular weight excluding hydrogens is 456 g/mol. The second-order valence-electron chi connectivity index (χ2n) is 11.4. The molecule has 9 heteroatoms. The summed E-state index contributed by atoms with van der Waals surface area (Å²) in [6, 6.07) is 5.45. The molecule has 3 saturated heterocycles. The first-order chi connectivity index (χ1) is 15.3. The van der Waals surface area contributed by atoms with E-state index in [1.807, 2.05) is 12.1 Å². The Kier molecular flexibility index (Phi) is 5.02. The number of aliphatic hydroxyl groups is 1. The van der Waals surface area contributed by atoms with Gasteiger partial charge >= 0.3 is 0 Å². The van der Waals surface area contributed by atoms with E-state index in [2.05, 4.69) is 38.8 Å². The predicted octanol–water partition coefficient (Wildman–Crippen LogP) is 4.11. The van der Waals surface area contributed by atoms with Gasteiger partial charge in [-0.15, -0.1) is 11.3 Å². The fourth-order valence-corrected chi connectivity index (χ4v) is 7.31. The molecule has 2 amide bonds. The zero-order chi connectivity index (χ0) is 24.0. The maximum absolute atomic E-state index is 13.7. The summed E-state index contributed by atoms with van der Waals surface area (Å²) >= 11 is 1.47. The minimum absolute atomic E-state index is 0.0681. The maximum Gasteiger partial charge on any atom is 0.240 e. The van der Waals surface area contributed by atoms with Gasteiger partial charge in [-0.25, -0.2) is 9.88 Å². The SMILES string of the molecule is CC12OC(CCO[Si](C)(C)C(C)(C)C)(CC1O)C1C(=O)N(c3ccc4ncsc4c3)C(=O)[C@@H]12. The molecule has 2 bridgehead atoms. The molecule has 0 saturated carbocycles. The molecule has 178 valence electrons. The number of imide groups is 1. The van der Waals surface area contributed by atoms with Gasteiger partial charge < -0.3 is 14.3 Å². The molecule has 1 aromatic carbocycles. The van der Waals surface area contributed by atoms with E-state index in [4.69, 9.17) is 9.16 Å². The van der Waals surface area contributed by atoms with E-state index in [1.165, 1.54) is 16.2 Å². The average molecular weight is 489 g/mol. The van der Waals surface area contributed by atoms with Gasteiger partial charge in [-0.05, 0) is 49.7 Å². The molecule has 4 heterocycles. The molecule has 7 nitrogen and oxygen atoms in total. The molecule has 1 N–H and O–H groups in total. The summed E-state index contributed by atoms with van der Waals surface area (Å²) in [5.74, 6) is -1.84. The third kappa shape index (κ3) is 3.20. The van der Waals surface area contributed by atoms with Crippen molar-refractivity contribution in [3.8, 4) is 0 Å². The highest BCUT2D eigenvalue weighted by molar-refractivity contribution is 7.16. The summed E-state index contributed by atoms with van der Waals surface area (Å²) in [7, 11) is -1.98. The average Bonchev–Trinajstić information content (AvgIpc) is 3.40. The van der Waals surface area contributed by atoms with E-state index in [1.54, 1.807) is 18.5 Å². The number of ether oxygens (including phenoxy) is 1. The largest absolute Gasteiger partial charge is 0.417 e.